The number of aryl methyl sites for hydroxylation is 3. The fourth-order valence-corrected chi connectivity index (χ4v) is 4.01. The van der Waals surface area contributed by atoms with Gasteiger partial charge in [-0.1, -0.05) is 23.7 Å². The Morgan fingerprint density at radius 2 is 1.75 bits per heavy atom. The lowest BCUT2D eigenvalue weighted by molar-refractivity contribution is 0.411. The van der Waals surface area contributed by atoms with E-state index in [9.17, 15) is 8.42 Å². The molecule has 0 amide bonds. The molecule has 0 bridgehead atoms. The Kier molecular flexibility index (Phi) is 6.27. The van der Waals surface area contributed by atoms with Gasteiger partial charge in [-0.25, -0.2) is 13.1 Å². The summed E-state index contributed by atoms with van der Waals surface area (Å²) in [7, 11) is -1.95. The van der Waals surface area contributed by atoms with Crippen LogP contribution in [0.3, 0.4) is 0 Å². The summed E-state index contributed by atoms with van der Waals surface area (Å²) in [5.41, 5.74) is 2.60. The van der Waals surface area contributed by atoms with Gasteiger partial charge >= 0.3 is 0 Å². The van der Waals surface area contributed by atoms with Crippen LogP contribution in [0.4, 0.5) is 0 Å². The van der Waals surface area contributed by atoms with Crippen LogP contribution in [0.2, 0.25) is 5.02 Å². The van der Waals surface area contributed by atoms with Crippen molar-refractivity contribution in [3.8, 4) is 5.75 Å². The van der Waals surface area contributed by atoms with Crippen molar-refractivity contribution in [1.82, 2.24) is 4.72 Å². The first-order valence-electron chi connectivity index (χ1n) is 7.73. The normalized spacial score (nSPS) is 11.5. The van der Waals surface area contributed by atoms with Crippen molar-refractivity contribution < 1.29 is 13.2 Å². The first-order chi connectivity index (χ1) is 11.3. The average molecular weight is 368 g/mol. The van der Waals surface area contributed by atoms with Crippen molar-refractivity contribution in [1.29, 1.82) is 0 Å². The molecule has 1 N–H and O–H groups in total. The maximum absolute atomic E-state index is 12.5. The van der Waals surface area contributed by atoms with Crippen LogP contribution in [-0.2, 0) is 16.4 Å². The standard InChI is InChI=1S/C18H22ClNO3S/c1-13-12-18(14(2)11-17(13)23-3)24(21,22)20-10-4-5-15-6-8-16(19)9-7-15/h6-9,11-12,20H,4-5,10H2,1-3H3. The number of hydrogen-bond donors (Lipinski definition) is 1. The van der Waals surface area contributed by atoms with Crippen LogP contribution in [0.1, 0.15) is 23.1 Å². The zero-order valence-electron chi connectivity index (χ0n) is 14.1. The van der Waals surface area contributed by atoms with E-state index in [2.05, 4.69) is 4.72 Å². The van der Waals surface area contributed by atoms with Gasteiger partial charge in [-0.05, 0) is 67.6 Å². The minimum Gasteiger partial charge on any atom is -0.496 e. The lowest BCUT2D eigenvalue weighted by Gasteiger charge is -2.13. The number of methoxy groups -OCH3 is 1. The Balaban J connectivity index is 1.98. The van der Waals surface area contributed by atoms with E-state index in [1.54, 1.807) is 26.2 Å². The Hall–Kier alpha value is -1.56. The second-order valence-corrected chi connectivity index (χ2v) is 7.89. The number of nitrogens with one attached hydrogen (secondary N) is 1. The summed E-state index contributed by atoms with van der Waals surface area (Å²) in [6.45, 7) is 3.98. The first kappa shape index (κ1) is 18.8. The topological polar surface area (TPSA) is 55.4 Å². The smallest absolute Gasteiger partial charge is 0.240 e. The van der Waals surface area contributed by atoms with Gasteiger partial charge in [0.2, 0.25) is 10.0 Å². The molecule has 4 nitrogen and oxygen atoms in total. The molecule has 0 fully saturated rings. The third kappa shape index (κ3) is 4.72. The summed E-state index contributed by atoms with van der Waals surface area (Å²) in [6.07, 6.45) is 1.51. The number of halogens is 1. The van der Waals surface area contributed by atoms with Crippen LogP contribution >= 0.6 is 11.6 Å². The highest BCUT2D eigenvalue weighted by Gasteiger charge is 2.18. The molecule has 0 heterocycles. The van der Waals surface area contributed by atoms with E-state index >= 15 is 0 Å². The van der Waals surface area contributed by atoms with Gasteiger partial charge in [0.25, 0.3) is 0 Å². The number of ether oxygens (including phenoxy) is 1. The predicted molar refractivity (Wildman–Crippen MR) is 97.4 cm³/mol. The zero-order valence-corrected chi connectivity index (χ0v) is 15.7. The van der Waals surface area contributed by atoms with Gasteiger partial charge in [0, 0.05) is 11.6 Å². The Morgan fingerprint density at radius 3 is 2.38 bits per heavy atom. The van der Waals surface area contributed by atoms with Gasteiger partial charge in [-0.3, -0.25) is 0 Å². The van der Waals surface area contributed by atoms with E-state index in [-0.39, 0.29) is 0 Å². The van der Waals surface area contributed by atoms with Crippen molar-refractivity contribution in [2.24, 2.45) is 0 Å². The molecule has 0 radical (unpaired) electrons. The van der Waals surface area contributed by atoms with Crippen LogP contribution in [0, 0.1) is 13.8 Å². The Morgan fingerprint density at radius 1 is 1.08 bits per heavy atom. The van der Waals surface area contributed by atoms with Gasteiger partial charge < -0.3 is 4.74 Å². The second kappa shape index (κ2) is 8.01. The highest BCUT2D eigenvalue weighted by atomic mass is 35.5. The van der Waals surface area contributed by atoms with E-state index in [4.69, 9.17) is 16.3 Å². The third-order valence-corrected chi connectivity index (χ3v) is 5.68. The van der Waals surface area contributed by atoms with Gasteiger partial charge in [-0.2, -0.15) is 0 Å². The molecule has 0 saturated carbocycles. The van der Waals surface area contributed by atoms with E-state index < -0.39 is 10.0 Å². The molecule has 2 aromatic rings. The van der Waals surface area contributed by atoms with Crippen LogP contribution in [0.15, 0.2) is 41.3 Å². The molecule has 0 aliphatic rings. The summed E-state index contributed by atoms with van der Waals surface area (Å²) in [4.78, 5) is 0.298. The molecule has 130 valence electrons. The fourth-order valence-electron chi connectivity index (χ4n) is 2.50. The molecule has 0 unspecified atom stereocenters. The molecule has 0 spiro atoms. The molecule has 0 aromatic heterocycles. The lowest BCUT2D eigenvalue weighted by Crippen LogP contribution is -2.26. The number of rotatable bonds is 7. The lowest BCUT2D eigenvalue weighted by atomic mass is 10.1. The molecular weight excluding hydrogens is 346 g/mol. The van der Waals surface area contributed by atoms with E-state index in [1.165, 1.54) is 0 Å². The Bertz CT molecular complexity index is 802. The average Bonchev–Trinajstić information content (AvgIpc) is 2.55. The summed E-state index contributed by atoms with van der Waals surface area (Å²) in [5.74, 6) is 0.689. The monoisotopic (exact) mass is 367 g/mol. The SMILES string of the molecule is COc1cc(C)c(S(=O)(=O)NCCCc2ccc(Cl)cc2)cc1C. The summed E-state index contributed by atoms with van der Waals surface area (Å²) in [6, 6.07) is 11.0. The highest BCUT2D eigenvalue weighted by Crippen LogP contribution is 2.25. The molecule has 2 rings (SSSR count). The molecule has 0 saturated heterocycles. The zero-order chi connectivity index (χ0) is 17.7. The summed E-state index contributed by atoms with van der Waals surface area (Å²) >= 11 is 5.85. The maximum Gasteiger partial charge on any atom is 0.240 e. The van der Waals surface area contributed by atoms with Crippen LogP contribution in [-0.4, -0.2) is 22.1 Å². The molecule has 6 heteroatoms. The largest absolute Gasteiger partial charge is 0.496 e. The minimum atomic E-state index is -3.53. The fraction of sp³-hybridized carbons (Fsp3) is 0.333. The molecule has 0 aliphatic heterocycles. The summed E-state index contributed by atoms with van der Waals surface area (Å²) in [5, 5.41) is 0.699. The number of benzene rings is 2. The van der Waals surface area contributed by atoms with Crippen molar-refractivity contribution >= 4 is 21.6 Å². The number of sulfonamides is 1. The molecular formula is C18H22ClNO3S. The summed E-state index contributed by atoms with van der Waals surface area (Å²) < 4.78 is 32.9. The van der Waals surface area contributed by atoms with Gasteiger partial charge in [0.05, 0.1) is 12.0 Å². The molecule has 0 atom stereocenters. The Labute approximate surface area is 148 Å². The van der Waals surface area contributed by atoms with Crippen LogP contribution < -0.4 is 9.46 Å². The minimum absolute atomic E-state index is 0.298. The van der Waals surface area contributed by atoms with Crippen molar-refractivity contribution in [3.05, 3.63) is 58.1 Å². The predicted octanol–water partition coefficient (Wildman–Crippen LogP) is 3.88. The van der Waals surface area contributed by atoms with E-state index in [0.717, 1.165) is 24.0 Å². The number of hydrogen-bond acceptors (Lipinski definition) is 3. The third-order valence-electron chi connectivity index (χ3n) is 3.83. The van der Waals surface area contributed by atoms with Gasteiger partial charge in [-0.15, -0.1) is 0 Å². The van der Waals surface area contributed by atoms with Crippen LogP contribution in [0.5, 0.6) is 5.75 Å². The van der Waals surface area contributed by atoms with E-state index in [1.807, 2.05) is 31.2 Å². The van der Waals surface area contributed by atoms with Gasteiger partial charge in [0.15, 0.2) is 0 Å². The van der Waals surface area contributed by atoms with Crippen molar-refractivity contribution in [2.75, 3.05) is 13.7 Å². The van der Waals surface area contributed by atoms with Crippen molar-refractivity contribution in [2.45, 2.75) is 31.6 Å². The molecule has 0 aliphatic carbocycles. The second-order valence-electron chi connectivity index (χ2n) is 5.72. The van der Waals surface area contributed by atoms with Crippen LogP contribution in [0.25, 0.3) is 0 Å². The van der Waals surface area contributed by atoms with Gasteiger partial charge in [0.1, 0.15) is 5.75 Å². The van der Waals surface area contributed by atoms with E-state index in [0.29, 0.717) is 27.8 Å². The quantitative estimate of drug-likeness (QED) is 0.755. The highest BCUT2D eigenvalue weighted by molar-refractivity contribution is 7.89. The first-order valence-corrected chi connectivity index (χ1v) is 9.59. The molecule has 24 heavy (non-hydrogen) atoms. The maximum atomic E-state index is 12.5. The van der Waals surface area contributed by atoms with Crippen molar-refractivity contribution in [3.63, 3.8) is 0 Å². The molecule has 2 aromatic carbocycles.